The molecule has 0 spiro atoms. The summed E-state index contributed by atoms with van der Waals surface area (Å²) in [6, 6.07) is -0.747. The zero-order valence-corrected chi connectivity index (χ0v) is 29.1. The number of phosphoric acid groups is 1. The Kier molecular flexibility index (Phi) is 20.1. The first-order valence-corrected chi connectivity index (χ1v) is 19.5. The van der Waals surface area contributed by atoms with Gasteiger partial charge in [-0.3, -0.25) is 23.4 Å². The largest absolute Gasteiger partial charge is 0.472 e. The molecule has 1 aliphatic heterocycles. The molecule has 2 unspecified atom stereocenters. The van der Waals surface area contributed by atoms with Gasteiger partial charge in [0, 0.05) is 12.2 Å². The highest BCUT2D eigenvalue weighted by Gasteiger charge is 2.38. The van der Waals surface area contributed by atoms with Gasteiger partial charge in [-0.1, -0.05) is 83.5 Å². The maximum absolute atomic E-state index is 13.6. The monoisotopic (exact) mass is 720 g/mol. The molecule has 16 heteroatoms. The van der Waals surface area contributed by atoms with Gasteiger partial charge in [-0.25, -0.2) is 9.36 Å². The second-order valence-corrected chi connectivity index (χ2v) is 14.9. The van der Waals surface area contributed by atoms with Gasteiger partial charge in [0.15, 0.2) is 0 Å². The predicted octanol–water partition coefficient (Wildman–Crippen LogP) is 7.43. The SMILES string of the molecule is C[C@@H](OP(=O)(O)OCCSCCCCCCCCCCCCCCCCCC(F)(F)F)[C@H]1OCC(n2cc(F)c(=O)[nH]c2=O)C[C@@H]1O. The van der Waals surface area contributed by atoms with E-state index in [0.29, 0.717) is 12.2 Å². The summed E-state index contributed by atoms with van der Waals surface area (Å²) in [6.07, 6.45) is 8.69. The van der Waals surface area contributed by atoms with Crippen molar-refractivity contribution in [2.75, 3.05) is 24.7 Å². The number of alkyl halides is 3. The summed E-state index contributed by atoms with van der Waals surface area (Å²) in [5.41, 5.74) is -1.98. The average Bonchev–Trinajstić information content (AvgIpc) is 2.98. The van der Waals surface area contributed by atoms with Gasteiger partial charge >= 0.3 is 19.7 Å². The third kappa shape index (κ3) is 18.4. The molecule has 0 radical (unpaired) electrons. The molecule has 3 N–H and O–H groups in total. The third-order valence-electron chi connectivity index (χ3n) is 8.18. The predicted molar refractivity (Wildman–Crippen MR) is 174 cm³/mol. The van der Waals surface area contributed by atoms with Crippen LogP contribution in [0.1, 0.15) is 122 Å². The van der Waals surface area contributed by atoms with Gasteiger partial charge in [0.25, 0.3) is 5.56 Å². The molecule has 0 amide bonds. The second-order valence-electron chi connectivity index (χ2n) is 12.3. The number of phosphoric ester groups is 1. The van der Waals surface area contributed by atoms with Crippen LogP contribution in [0.2, 0.25) is 0 Å². The number of nitrogens with one attached hydrogen (secondary N) is 1. The van der Waals surface area contributed by atoms with Gasteiger partial charge in [0.1, 0.15) is 6.10 Å². The number of rotatable bonds is 25. The average molecular weight is 721 g/mol. The molecule has 10 nitrogen and oxygen atoms in total. The number of halogens is 4. The van der Waals surface area contributed by atoms with Gasteiger partial charge in [-0.05, 0) is 31.9 Å². The van der Waals surface area contributed by atoms with Crippen LogP contribution in [0.15, 0.2) is 15.8 Å². The Bertz CT molecular complexity index is 1170. The first kappa shape index (κ1) is 41.9. The van der Waals surface area contributed by atoms with E-state index in [2.05, 4.69) is 0 Å². The van der Waals surface area contributed by atoms with Crippen molar-refractivity contribution in [1.29, 1.82) is 0 Å². The van der Waals surface area contributed by atoms with Crippen LogP contribution in [-0.2, 0) is 18.3 Å². The Morgan fingerprint density at radius 1 is 0.979 bits per heavy atom. The van der Waals surface area contributed by atoms with E-state index in [0.717, 1.165) is 48.6 Å². The van der Waals surface area contributed by atoms with Crippen molar-refractivity contribution in [2.45, 2.75) is 147 Å². The molecule has 1 aromatic rings. The smallest absolute Gasteiger partial charge is 0.390 e. The topological polar surface area (TPSA) is 140 Å². The molecule has 0 bridgehead atoms. The molecule has 47 heavy (non-hydrogen) atoms. The number of unbranched alkanes of at least 4 members (excludes halogenated alkanes) is 14. The van der Waals surface area contributed by atoms with E-state index >= 15 is 0 Å². The summed E-state index contributed by atoms with van der Waals surface area (Å²) >= 11 is 1.63. The number of hydrogen-bond donors (Lipinski definition) is 3. The van der Waals surface area contributed by atoms with Crippen molar-refractivity contribution < 1.29 is 45.9 Å². The number of nitrogens with zero attached hydrogens (tertiary/aromatic N) is 1. The van der Waals surface area contributed by atoms with Crippen LogP contribution in [0, 0.1) is 5.82 Å². The first-order chi connectivity index (χ1) is 22.3. The van der Waals surface area contributed by atoms with E-state index in [9.17, 15) is 41.7 Å². The lowest BCUT2D eigenvalue weighted by Crippen LogP contribution is -2.48. The van der Waals surface area contributed by atoms with Crippen molar-refractivity contribution in [3.8, 4) is 0 Å². The summed E-state index contributed by atoms with van der Waals surface area (Å²) in [5.74, 6) is 0.302. The highest BCUT2D eigenvalue weighted by atomic mass is 32.2. The van der Waals surface area contributed by atoms with Gasteiger partial charge in [0.05, 0.1) is 37.7 Å². The Morgan fingerprint density at radius 3 is 2.04 bits per heavy atom. The van der Waals surface area contributed by atoms with Gasteiger partial charge < -0.3 is 14.7 Å². The van der Waals surface area contributed by atoms with Gasteiger partial charge in [-0.2, -0.15) is 29.3 Å². The molecule has 2 heterocycles. The van der Waals surface area contributed by atoms with E-state index in [4.69, 9.17) is 13.8 Å². The summed E-state index contributed by atoms with van der Waals surface area (Å²) in [4.78, 5) is 35.2. The highest BCUT2D eigenvalue weighted by molar-refractivity contribution is 7.99. The number of hydrogen-bond acceptors (Lipinski definition) is 8. The molecular weight excluding hydrogens is 667 g/mol. The van der Waals surface area contributed by atoms with Crippen molar-refractivity contribution in [2.24, 2.45) is 0 Å². The molecular formula is C31H53F4N2O8PS. The molecule has 5 atom stereocenters. The zero-order chi connectivity index (χ0) is 34.7. The normalized spacial score (nSPS) is 20.7. The fourth-order valence-electron chi connectivity index (χ4n) is 5.63. The number of aromatic nitrogens is 2. The van der Waals surface area contributed by atoms with Crippen LogP contribution in [0.4, 0.5) is 17.6 Å². The summed E-state index contributed by atoms with van der Waals surface area (Å²) in [7, 11) is -4.41. The van der Waals surface area contributed by atoms with Crippen LogP contribution in [0.5, 0.6) is 0 Å². The molecule has 0 aliphatic carbocycles. The van der Waals surface area contributed by atoms with Crippen molar-refractivity contribution in [3.05, 3.63) is 32.9 Å². The maximum Gasteiger partial charge on any atom is 0.472 e. The highest BCUT2D eigenvalue weighted by Crippen LogP contribution is 2.46. The van der Waals surface area contributed by atoms with E-state index in [1.165, 1.54) is 58.3 Å². The molecule has 1 saturated heterocycles. The van der Waals surface area contributed by atoms with E-state index in [1.807, 2.05) is 4.98 Å². The maximum atomic E-state index is 13.6. The number of thioether (sulfide) groups is 1. The second kappa shape index (κ2) is 22.5. The van der Waals surface area contributed by atoms with Crippen molar-refractivity contribution >= 4 is 19.6 Å². The number of H-pyrrole nitrogens is 1. The molecule has 274 valence electrons. The minimum Gasteiger partial charge on any atom is -0.390 e. The Hall–Kier alpha value is -1.22. The van der Waals surface area contributed by atoms with Crippen LogP contribution in [0.3, 0.4) is 0 Å². The summed E-state index contributed by atoms with van der Waals surface area (Å²) in [6.45, 7) is 1.37. The van der Waals surface area contributed by atoms with Gasteiger partial charge in [-0.15, -0.1) is 0 Å². The number of ether oxygens (including phenoxy) is 1. The molecule has 0 aromatic carbocycles. The summed E-state index contributed by atoms with van der Waals surface area (Å²) < 4.78 is 79.1. The lowest BCUT2D eigenvalue weighted by atomic mass is 9.98. The van der Waals surface area contributed by atoms with Crippen molar-refractivity contribution in [1.82, 2.24) is 9.55 Å². The molecule has 2 rings (SSSR count). The molecule has 1 aromatic heterocycles. The summed E-state index contributed by atoms with van der Waals surface area (Å²) in [5, 5.41) is 10.5. The lowest BCUT2D eigenvalue weighted by molar-refractivity contribution is -0.135. The van der Waals surface area contributed by atoms with Gasteiger partial charge in [0.2, 0.25) is 5.82 Å². The minimum absolute atomic E-state index is 0.0178. The van der Waals surface area contributed by atoms with Crippen LogP contribution in [0.25, 0.3) is 0 Å². The number of aliphatic hydroxyl groups is 1. The Balaban J connectivity index is 1.41. The molecule has 0 saturated carbocycles. The van der Waals surface area contributed by atoms with Crippen molar-refractivity contribution in [3.63, 3.8) is 0 Å². The van der Waals surface area contributed by atoms with E-state index in [-0.39, 0.29) is 26.1 Å². The molecule has 1 fully saturated rings. The van der Waals surface area contributed by atoms with Crippen LogP contribution in [-0.4, -0.2) is 68.8 Å². The fraction of sp³-hybridized carbons (Fsp3) is 0.871. The first-order valence-electron chi connectivity index (χ1n) is 16.9. The number of aromatic amines is 1. The van der Waals surface area contributed by atoms with Crippen LogP contribution >= 0.6 is 19.6 Å². The zero-order valence-electron chi connectivity index (χ0n) is 27.4. The quantitative estimate of drug-likeness (QED) is 0.0535. The van der Waals surface area contributed by atoms with Crippen LogP contribution < -0.4 is 11.2 Å². The molecule has 1 aliphatic rings. The number of aliphatic hydroxyl groups excluding tert-OH is 1. The fourth-order valence-corrected chi connectivity index (χ4v) is 7.49. The standard InChI is InChI=1S/C31H53F4N2O8PS/c1-24(28-27(38)21-25(23-43-28)37-22-26(32)29(39)36-30(37)40)45-46(41,42)44-18-20-47-19-16-14-12-10-8-6-4-2-3-5-7-9-11-13-15-17-31(33,34)35/h22,24-25,27-28,38H,2-21,23H2,1H3,(H,41,42)(H,36,39,40)/t24-,25?,27+,28-/m1/s1. The minimum atomic E-state index is -4.41. The third-order valence-corrected chi connectivity index (χ3v) is 10.3. The Morgan fingerprint density at radius 2 is 1.51 bits per heavy atom. The lowest BCUT2D eigenvalue weighted by Gasteiger charge is -2.37. The Labute approximate surface area is 279 Å². The van der Waals surface area contributed by atoms with E-state index in [1.54, 1.807) is 11.8 Å². The van der Waals surface area contributed by atoms with E-state index < -0.39 is 61.8 Å².